The summed E-state index contributed by atoms with van der Waals surface area (Å²) in [5.41, 5.74) is 0. The number of hydrogen-bond acceptors (Lipinski definition) is 5. The minimum absolute atomic E-state index is 0.378. The second-order valence-electron chi connectivity index (χ2n) is 2.37. The zero-order valence-corrected chi connectivity index (χ0v) is 7.94. The second-order valence-corrected chi connectivity index (χ2v) is 2.37. The summed E-state index contributed by atoms with van der Waals surface area (Å²) in [5, 5.41) is 8.58. The Kier molecular flexibility index (Phi) is 5.85. The molecule has 0 saturated carbocycles. The molecule has 0 fully saturated rings. The first kappa shape index (κ1) is 11.9. The van der Waals surface area contributed by atoms with Crippen LogP contribution in [0.2, 0.25) is 0 Å². The number of esters is 1. The molecule has 0 aromatic carbocycles. The van der Waals surface area contributed by atoms with Crippen LogP contribution in [0, 0.1) is 11.3 Å². The lowest BCUT2D eigenvalue weighted by Crippen LogP contribution is -2.29. The van der Waals surface area contributed by atoms with Gasteiger partial charge in [0.05, 0.1) is 6.61 Å². The zero-order valence-electron chi connectivity index (χ0n) is 7.94. The molecular weight excluding hydrogens is 174 g/mol. The van der Waals surface area contributed by atoms with Gasteiger partial charge in [0.15, 0.2) is 0 Å². The highest BCUT2D eigenvalue weighted by atomic mass is 17.2. The normalized spacial score (nSPS) is 14.3. The van der Waals surface area contributed by atoms with E-state index in [1.54, 1.807) is 19.9 Å². The van der Waals surface area contributed by atoms with Crippen LogP contribution in [0.1, 0.15) is 20.8 Å². The molecule has 0 rings (SSSR count). The molecule has 0 aromatic rings. The van der Waals surface area contributed by atoms with Gasteiger partial charge in [0.25, 0.3) is 0 Å². The van der Waals surface area contributed by atoms with E-state index in [1.807, 2.05) is 0 Å². The Bertz CT molecular complexity index is 199. The SMILES string of the molecule is CCOOC(C)C(C#N)OC(C)=O. The van der Waals surface area contributed by atoms with Gasteiger partial charge in [-0.25, -0.2) is 9.78 Å². The molecule has 74 valence electrons. The van der Waals surface area contributed by atoms with Gasteiger partial charge in [-0.05, 0) is 13.8 Å². The van der Waals surface area contributed by atoms with E-state index in [2.05, 4.69) is 9.62 Å². The Morgan fingerprint density at radius 1 is 1.62 bits per heavy atom. The van der Waals surface area contributed by atoms with Crippen molar-refractivity contribution in [1.29, 1.82) is 5.26 Å². The summed E-state index contributed by atoms with van der Waals surface area (Å²) in [4.78, 5) is 19.9. The molecule has 2 unspecified atom stereocenters. The van der Waals surface area contributed by atoms with Gasteiger partial charge in [0, 0.05) is 6.92 Å². The third-order valence-electron chi connectivity index (χ3n) is 1.18. The fourth-order valence-corrected chi connectivity index (χ4v) is 0.632. The summed E-state index contributed by atoms with van der Waals surface area (Å²) >= 11 is 0. The molecule has 5 heteroatoms. The lowest BCUT2D eigenvalue weighted by molar-refractivity contribution is -0.327. The number of nitrogens with zero attached hydrogens (tertiary/aromatic N) is 1. The van der Waals surface area contributed by atoms with Gasteiger partial charge in [0.2, 0.25) is 6.10 Å². The van der Waals surface area contributed by atoms with E-state index in [-0.39, 0.29) is 0 Å². The van der Waals surface area contributed by atoms with E-state index in [0.717, 1.165) is 0 Å². The third-order valence-corrected chi connectivity index (χ3v) is 1.18. The fourth-order valence-electron chi connectivity index (χ4n) is 0.632. The lowest BCUT2D eigenvalue weighted by Gasteiger charge is -2.15. The molecular formula is C8H13NO4. The molecule has 0 bridgehead atoms. The van der Waals surface area contributed by atoms with E-state index in [0.29, 0.717) is 6.61 Å². The van der Waals surface area contributed by atoms with Crippen LogP contribution in [0.3, 0.4) is 0 Å². The van der Waals surface area contributed by atoms with Crippen molar-refractivity contribution in [3.8, 4) is 6.07 Å². The maximum atomic E-state index is 10.5. The molecule has 0 N–H and O–H groups in total. The molecule has 0 spiro atoms. The van der Waals surface area contributed by atoms with Crippen molar-refractivity contribution in [1.82, 2.24) is 0 Å². The van der Waals surface area contributed by atoms with Crippen LogP contribution >= 0.6 is 0 Å². The number of hydrogen-bond donors (Lipinski definition) is 0. The summed E-state index contributed by atoms with van der Waals surface area (Å²) in [5.74, 6) is -0.515. The van der Waals surface area contributed by atoms with Crippen LogP contribution in [0.15, 0.2) is 0 Å². The van der Waals surface area contributed by atoms with E-state index in [9.17, 15) is 4.79 Å². The fraction of sp³-hybridized carbons (Fsp3) is 0.750. The quantitative estimate of drug-likeness (QED) is 0.361. The van der Waals surface area contributed by atoms with Crippen molar-refractivity contribution in [3.05, 3.63) is 0 Å². The largest absolute Gasteiger partial charge is 0.444 e. The minimum atomic E-state index is -0.927. The van der Waals surface area contributed by atoms with E-state index < -0.39 is 18.2 Å². The Morgan fingerprint density at radius 3 is 2.62 bits per heavy atom. The number of carbonyl (C=O) groups excluding carboxylic acids is 1. The highest BCUT2D eigenvalue weighted by Crippen LogP contribution is 2.03. The maximum Gasteiger partial charge on any atom is 0.304 e. The summed E-state index contributed by atoms with van der Waals surface area (Å²) in [6, 6.07) is 1.79. The molecule has 2 atom stereocenters. The van der Waals surface area contributed by atoms with Gasteiger partial charge in [-0.2, -0.15) is 5.26 Å². The van der Waals surface area contributed by atoms with Gasteiger partial charge in [-0.15, -0.1) is 0 Å². The van der Waals surface area contributed by atoms with Crippen molar-refractivity contribution in [2.24, 2.45) is 0 Å². The topological polar surface area (TPSA) is 68.6 Å². The molecule has 0 aliphatic carbocycles. The first-order valence-electron chi connectivity index (χ1n) is 3.97. The Hall–Kier alpha value is -1.12. The average Bonchev–Trinajstić information content (AvgIpc) is 2.09. The molecule has 5 nitrogen and oxygen atoms in total. The monoisotopic (exact) mass is 187 g/mol. The maximum absolute atomic E-state index is 10.5. The minimum Gasteiger partial charge on any atom is -0.444 e. The van der Waals surface area contributed by atoms with Crippen LogP contribution in [-0.4, -0.2) is 24.8 Å². The Labute approximate surface area is 77.1 Å². The molecule has 0 aliphatic heterocycles. The molecule has 0 heterocycles. The van der Waals surface area contributed by atoms with Crippen LogP contribution in [0.4, 0.5) is 0 Å². The van der Waals surface area contributed by atoms with Crippen LogP contribution in [0.5, 0.6) is 0 Å². The average molecular weight is 187 g/mol. The van der Waals surface area contributed by atoms with E-state index >= 15 is 0 Å². The van der Waals surface area contributed by atoms with E-state index in [1.165, 1.54) is 6.92 Å². The van der Waals surface area contributed by atoms with Gasteiger partial charge in [0.1, 0.15) is 12.2 Å². The first-order chi connectivity index (χ1) is 6.11. The van der Waals surface area contributed by atoms with Gasteiger partial charge in [-0.1, -0.05) is 0 Å². The van der Waals surface area contributed by atoms with Crippen LogP contribution in [-0.2, 0) is 19.3 Å². The van der Waals surface area contributed by atoms with Crippen molar-refractivity contribution in [2.75, 3.05) is 6.61 Å². The molecule has 0 aliphatic rings. The number of carbonyl (C=O) groups is 1. The molecule has 0 amide bonds. The van der Waals surface area contributed by atoms with Crippen molar-refractivity contribution < 1.29 is 19.3 Å². The van der Waals surface area contributed by atoms with Crippen LogP contribution < -0.4 is 0 Å². The van der Waals surface area contributed by atoms with Crippen LogP contribution in [0.25, 0.3) is 0 Å². The standard InChI is InChI=1S/C8H13NO4/c1-4-11-13-6(2)8(5-9)12-7(3)10/h6,8H,4H2,1-3H3. The van der Waals surface area contributed by atoms with Gasteiger partial charge >= 0.3 is 5.97 Å². The van der Waals surface area contributed by atoms with Crippen molar-refractivity contribution >= 4 is 5.97 Å². The second kappa shape index (κ2) is 6.40. The van der Waals surface area contributed by atoms with E-state index in [4.69, 9.17) is 10.1 Å². The smallest absolute Gasteiger partial charge is 0.304 e. The number of rotatable bonds is 5. The highest BCUT2D eigenvalue weighted by molar-refractivity contribution is 5.66. The van der Waals surface area contributed by atoms with Gasteiger partial charge < -0.3 is 4.74 Å². The number of ether oxygens (including phenoxy) is 1. The Balaban J connectivity index is 3.93. The molecule has 0 aromatic heterocycles. The summed E-state index contributed by atoms with van der Waals surface area (Å²) in [7, 11) is 0. The number of nitriles is 1. The van der Waals surface area contributed by atoms with Crippen molar-refractivity contribution in [2.45, 2.75) is 33.0 Å². The molecule has 0 saturated heterocycles. The predicted octanol–water partition coefficient (Wildman–Crippen LogP) is 0.798. The molecule has 13 heavy (non-hydrogen) atoms. The van der Waals surface area contributed by atoms with Crippen molar-refractivity contribution in [3.63, 3.8) is 0 Å². The summed E-state index contributed by atoms with van der Waals surface area (Å²) in [6.45, 7) is 4.95. The molecule has 0 radical (unpaired) electrons. The first-order valence-corrected chi connectivity index (χ1v) is 3.97. The third kappa shape index (κ3) is 5.17. The summed E-state index contributed by atoms with van der Waals surface area (Å²) < 4.78 is 4.65. The Morgan fingerprint density at radius 2 is 2.23 bits per heavy atom. The lowest BCUT2D eigenvalue weighted by atomic mass is 10.2. The van der Waals surface area contributed by atoms with Gasteiger partial charge in [-0.3, -0.25) is 4.79 Å². The summed E-state index contributed by atoms with van der Waals surface area (Å²) in [6.07, 6.45) is -1.52. The predicted molar refractivity (Wildman–Crippen MR) is 43.3 cm³/mol. The zero-order chi connectivity index (χ0) is 10.3. The highest BCUT2D eigenvalue weighted by Gasteiger charge is 2.21.